The van der Waals surface area contributed by atoms with Crippen LogP contribution in [-0.4, -0.2) is 9.97 Å². The Balaban J connectivity index is 0.000000191. The summed E-state index contributed by atoms with van der Waals surface area (Å²) in [6.45, 7) is 0. The highest BCUT2D eigenvalue weighted by Gasteiger charge is 2.22. The SMILES string of the molecule is Clc1ccc2c(ccc3c4c(ccc32)CC(c2ccncc2)CC4)c1.c1ccc2cnccc2c1. The van der Waals surface area contributed by atoms with E-state index in [1.54, 1.807) is 0 Å². The standard InChI is InChI=1S/C23H18ClN.C9H7N/c24-19-4-8-21-18(14-19)3-7-22-20-5-1-16(15-9-11-25-12-10-15)13-17(20)2-6-23(21)22;1-2-4-9-7-10-6-5-8(9)3-1/h2-4,6-12,14,16H,1,5,13H2;1-7H. The average Bonchev–Trinajstić information content (AvgIpc) is 2.93. The summed E-state index contributed by atoms with van der Waals surface area (Å²) in [7, 11) is 0. The van der Waals surface area contributed by atoms with Gasteiger partial charge in [0.15, 0.2) is 0 Å². The summed E-state index contributed by atoms with van der Waals surface area (Å²) in [6.07, 6.45) is 10.9. The summed E-state index contributed by atoms with van der Waals surface area (Å²) in [5.41, 5.74) is 4.43. The van der Waals surface area contributed by atoms with Crippen LogP contribution in [0.3, 0.4) is 0 Å². The van der Waals surface area contributed by atoms with Crippen molar-refractivity contribution in [2.24, 2.45) is 0 Å². The molecule has 0 saturated carbocycles. The molecule has 0 bridgehead atoms. The Labute approximate surface area is 210 Å². The molecule has 3 heteroatoms. The van der Waals surface area contributed by atoms with Crippen LogP contribution in [0.1, 0.15) is 29.0 Å². The molecule has 1 atom stereocenters. The van der Waals surface area contributed by atoms with E-state index in [1.807, 2.05) is 49.1 Å². The van der Waals surface area contributed by atoms with Crippen LogP contribution in [-0.2, 0) is 12.8 Å². The molecular formula is C32H25ClN2. The molecule has 0 radical (unpaired) electrons. The minimum absolute atomic E-state index is 0.604. The second-order valence-corrected chi connectivity index (χ2v) is 9.61. The number of benzene rings is 4. The molecule has 0 spiro atoms. The predicted octanol–water partition coefficient (Wildman–Crippen LogP) is 8.55. The van der Waals surface area contributed by atoms with Crippen LogP contribution in [0, 0.1) is 0 Å². The molecule has 0 fully saturated rings. The molecule has 0 aliphatic heterocycles. The normalized spacial score (nSPS) is 14.9. The predicted molar refractivity (Wildman–Crippen MR) is 147 cm³/mol. The smallest absolute Gasteiger partial charge is 0.0412 e. The number of hydrogen-bond donors (Lipinski definition) is 0. The molecule has 35 heavy (non-hydrogen) atoms. The third-order valence-electron chi connectivity index (χ3n) is 7.12. The van der Waals surface area contributed by atoms with E-state index in [-0.39, 0.29) is 0 Å². The van der Waals surface area contributed by atoms with E-state index in [9.17, 15) is 0 Å². The molecule has 4 aromatic carbocycles. The van der Waals surface area contributed by atoms with Gasteiger partial charge in [0.2, 0.25) is 0 Å². The summed E-state index contributed by atoms with van der Waals surface area (Å²) in [5, 5.41) is 8.50. The number of fused-ring (bicyclic) bond motifs is 6. The maximum absolute atomic E-state index is 6.16. The van der Waals surface area contributed by atoms with Gasteiger partial charge in [0.05, 0.1) is 0 Å². The van der Waals surface area contributed by atoms with Crippen molar-refractivity contribution in [2.45, 2.75) is 25.2 Å². The summed E-state index contributed by atoms with van der Waals surface area (Å²) in [5.74, 6) is 0.604. The minimum atomic E-state index is 0.604. The highest BCUT2D eigenvalue weighted by Crippen LogP contribution is 2.38. The molecule has 0 N–H and O–H groups in total. The molecule has 1 aliphatic carbocycles. The van der Waals surface area contributed by atoms with Crippen molar-refractivity contribution >= 4 is 43.9 Å². The molecule has 2 aromatic heterocycles. The first kappa shape index (κ1) is 21.8. The molecule has 1 unspecified atom stereocenters. The van der Waals surface area contributed by atoms with Gasteiger partial charge in [-0.1, -0.05) is 66.2 Å². The highest BCUT2D eigenvalue weighted by atomic mass is 35.5. The van der Waals surface area contributed by atoms with Crippen molar-refractivity contribution in [3.63, 3.8) is 0 Å². The van der Waals surface area contributed by atoms with E-state index >= 15 is 0 Å². The second-order valence-electron chi connectivity index (χ2n) is 9.17. The molecule has 7 rings (SSSR count). The second kappa shape index (κ2) is 9.48. The van der Waals surface area contributed by atoms with Gasteiger partial charge in [0, 0.05) is 29.8 Å². The summed E-state index contributed by atoms with van der Waals surface area (Å²) >= 11 is 6.16. The van der Waals surface area contributed by atoms with Gasteiger partial charge in [-0.05, 0) is 105 Å². The third-order valence-corrected chi connectivity index (χ3v) is 7.36. The molecule has 1 aliphatic rings. The molecule has 2 heterocycles. The molecule has 170 valence electrons. The lowest BCUT2D eigenvalue weighted by Crippen LogP contribution is -2.13. The maximum atomic E-state index is 6.16. The number of nitrogens with zero attached hydrogens (tertiary/aromatic N) is 2. The van der Waals surface area contributed by atoms with Crippen LogP contribution >= 0.6 is 11.6 Å². The first-order chi connectivity index (χ1) is 17.3. The molecule has 2 nitrogen and oxygen atoms in total. The van der Waals surface area contributed by atoms with Crippen LogP contribution in [0.2, 0.25) is 5.02 Å². The third kappa shape index (κ3) is 4.38. The fourth-order valence-electron chi connectivity index (χ4n) is 5.34. The molecule has 0 amide bonds. The topological polar surface area (TPSA) is 25.8 Å². The van der Waals surface area contributed by atoms with Gasteiger partial charge in [0.25, 0.3) is 0 Å². The minimum Gasteiger partial charge on any atom is -0.265 e. The zero-order chi connectivity index (χ0) is 23.6. The van der Waals surface area contributed by atoms with Crippen molar-refractivity contribution in [1.29, 1.82) is 0 Å². The Morgan fingerprint density at radius 2 is 1.43 bits per heavy atom. The van der Waals surface area contributed by atoms with Gasteiger partial charge in [0.1, 0.15) is 0 Å². The van der Waals surface area contributed by atoms with Crippen LogP contribution in [0.25, 0.3) is 32.3 Å². The summed E-state index contributed by atoms with van der Waals surface area (Å²) in [4.78, 5) is 8.16. The van der Waals surface area contributed by atoms with Crippen LogP contribution < -0.4 is 0 Å². The van der Waals surface area contributed by atoms with Crippen molar-refractivity contribution in [3.8, 4) is 0 Å². The average molecular weight is 473 g/mol. The number of halogens is 1. The monoisotopic (exact) mass is 472 g/mol. The van der Waals surface area contributed by atoms with Crippen molar-refractivity contribution in [3.05, 3.63) is 131 Å². The Bertz CT molecular complexity index is 1580. The van der Waals surface area contributed by atoms with E-state index in [2.05, 4.69) is 70.6 Å². The lowest BCUT2D eigenvalue weighted by atomic mass is 9.78. The van der Waals surface area contributed by atoms with Crippen molar-refractivity contribution in [1.82, 2.24) is 9.97 Å². The highest BCUT2D eigenvalue weighted by molar-refractivity contribution is 6.31. The van der Waals surface area contributed by atoms with E-state index in [4.69, 9.17) is 11.6 Å². The zero-order valence-corrected chi connectivity index (χ0v) is 20.1. The maximum Gasteiger partial charge on any atom is 0.0412 e. The van der Waals surface area contributed by atoms with Crippen LogP contribution in [0.15, 0.2) is 110 Å². The fourth-order valence-corrected chi connectivity index (χ4v) is 5.53. The van der Waals surface area contributed by atoms with Crippen molar-refractivity contribution < 1.29 is 0 Å². The van der Waals surface area contributed by atoms with Gasteiger partial charge in [-0.3, -0.25) is 9.97 Å². The Morgan fingerprint density at radius 1 is 0.657 bits per heavy atom. The number of hydrogen-bond acceptors (Lipinski definition) is 2. The van der Waals surface area contributed by atoms with Crippen LogP contribution in [0.5, 0.6) is 0 Å². The van der Waals surface area contributed by atoms with Crippen molar-refractivity contribution in [2.75, 3.05) is 0 Å². The lowest BCUT2D eigenvalue weighted by molar-refractivity contribution is 0.587. The number of aryl methyl sites for hydroxylation is 1. The quantitative estimate of drug-likeness (QED) is 0.224. The number of rotatable bonds is 1. The lowest BCUT2D eigenvalue weighted by Gasteiger charge is -2.26. The zero-order valence-electron chi connectivity index (χ0n) is 19.4. The fraction of sp³-hybridized carbons (Fsp3) is 0.125. The van der Waals surface area contributed by atoms with E-state index in [0.717, 1.165) is 17.9 Å². The van der Waals surface area contributed by atoms with Gasteiger partial charge in [-0.15, -0.1) is 0 Å². The van der Waals surface area contributed by atoms with Gasteiger partial charge in [-0.2, -0.15) is 0 Å². The molecular weight excluding hydrogens is 448 g/mol. The Kier molecular flexibility index (Phi) is 5.89. The van der Waals surface area contributed by atoms with Gasteiger partial charge in [-0.25, -0.2) is 0 Å². The summed E-state index contributed by atoms with van der Waals surface area (Å²) in [6, 6.07) is 29.8. The van der Waals surface area contributed by atoms with Gasteiger partial charge < -0.3 is 0 Å². The first-order valence-corrected chi connectivity index (χ1v) is 12.5. The first-order valence-electron chi connectivity index (χ1n) is 12.1. The Morgan fingerprint density at radius 3 is 2.29 bits per heavy atom. The van der Waals surface area contributed by atoms with E-state index < -0.39 is 0 Å². The molecule has 0 saturated heterocycles. The van der Waals surface area contributed by atoms with E-state index in [0.29, 0.717) is 5.92 Å². The van der Waals surface area contributed by atoms with E-state index in [1.165, 1.54) is 55.4 Å². The molecule has 6 aromatic rings. The number of pyridine rings is 2. The summed E-state index contributed by atoms with van der Waals surface area (Å²) < 4.78 is 0. The largest absolute Gasteiger partial charge is 0.265 e. The van der Waals surface area contributed by atoms with Gasteiger partial charge >= 0.3 is 0 Å². The van der Waals surface area contributed by atoms with Crippen LogP contribution in [0.4, 0.5) is 0 Å². The Hall–Kier alpha value is -3.75. The number of aromatic nitrogens is 2.